The second-order valence-corrected chi connectivity index (χ2v) is 9.16. The number of aromatic nitrogens is 2. The van der Waals surface area contributed by atoms with Gasteiger partial charge in [-0.1, -0.05) is 0 Å². The first kappa shape index (κ1) is 19.9. The van der Waals surface area contributed by atoms with Crippen molar-refractivity contribution >= 4 is 34.3 Å². The van der Waals surface area contributed by atoms with E-state index in [9.17, 15) is 14.4 Å². The molecule has 2 fully saturated rings. The van der Waals surface area contributed by atoms with Gasteiger partial charge in [0.05, 0.1) is 22.0 Å². The molecule has 9 heteroatoms. The third-order valence-electron chi connectivity index (χ3n) is 6.13. The van der Waals surface area contributed by atoms with Gasteiger partial charge >= 0.3 is 6.09 Å². The lowest BCUT2D eigenvalue weighted by Gasteiger charge is -2.38. The van der Waals surface area contributed by atoms with Gasteiger partial charge in [0.25, 0.3) is 0 Å². The number of fused-ring (bicyclic) bond motifs is 1. The smallest absolute Gasteiger partial charge is 0.410 e. The van der Waals surface area contributed by atoms with Gasteiger partial charge < -0.3 is 14.5 Å². The Balaban J connectivity index is 1.33. The molecule has 2 aromatic rings. The number of rotatable bonds is 3. The first-order valence-corrected chi connectivity index (χ1v) is 11.3. The van der Waals surface area contributed by atoms with Gasteiger partial charge in [-0.15, -0.1) is 11.3 Å². The zero-order chi connectivity index (χ0) is 21.5. The van der Waals surface area contributed by atoms with Crippen molar-refractivity contribution in [1.29, 1.82) is 5.26 Å². The second kappa shape index (κ2) is 7.93. The normalized spacial score (nSPS) is 22.7. The quantitative estimate of drug-likeness (QED) is 0.727. The summed E-state index contributed by atoms with van der Waals surface area (Å²) in [5.74, 6) is 0. The van der Waals surface area contributed by atoms with Crippen LogP contribution in [0.25, 0.3) is 11.1 Å². The first-order chi connectivity index (χ1) is 15.0. The van der Waals surface area contributed by atoms with Crippen LogP contribution in [0.15, 0.2) is 17.6 Å². The van der Waals surface area contributed by atoms with Crippen molar-refractivity contribution in [1.82, 2.24) is 14.9 Å². The van der Waals surface area contributed by atoms with E-state index in [0.29, 0.717) is 51.0 Å². The fourth-order valence-electron chi connectivity index (χ4n) is 4.36. The van der Waals surface area contributed by atoms with Crippen LogP contribution in [0.1, 0.15) is 34.8 Å². The number of carbonyl (C=O) groups is 1. The number of allylic oxidation sites excluding steroid dienone is 2. The topological polar surface area (TPSA) is 82.4 Å². The van der Waals surface area contributed by atoms with E-state index in [1.807, 2.05) is 18.4 Å². The molecular weight excluding hydrogens is 417 g/mol. The third-order valence-corrected chi connectivity index (χ3v) is 6.90. The van der Waals surface area contributed by atoms with Crippen molar-refractivity contribution in [3.05, 3.63) is 39.6 Å². The largest absolute Gasteiger partial charge is 0.446 e. The SMILES string of the molecule is Cc1nc(C2=C(C#N)c3c(N4CCN(C(=O)OC5CC(F)C5)CC4)ccnc3C2)cs1. The fraction of sp³-hybridized carbons (Fsp3) is 0.455. The van der Waals surface area contributed by atoms with Gasteiger partial charge in [-0.2, -0.15) is 5.26 Å². The summed E-state index contributed by atoms with van der Waals surface area (Å²) in [6.07, 6.45) is 1.48. The number of aryl methyl sites for hydroxylation is 1. The van der Waals surface area contributed by atoms with E-state index in [2.05, 4.69) is 20.9 Å². The Bertz CT molecular complexity index is 1090. The predicted molar refractivity (Wildman–Crippen MR) is 115 cm³/mol. The molecule has 0 aromatic carbocycles. The number of halogens is 1. The number of nitrogens with zero attached hydrogens (tertiary/aromatic N) is 5. The van der Waals surface area contributed by atoms with Crippen molar-refractivity contribution in [3.63, 3.8) is 0 Å². The monoisotopic (exact) mass is 439 g/mol. The van der Waals surface area contributed by atoms with Crippen LogP contribution in [0.5, 0.6) is 0 Å². The van der Waals surface area contributed by atoms with Crippen molar-refractivity contribution in [3.8, 4) is 6.07 Å². The summed E-state index contributed by atoms with van der Waals surface area (Å²) in [5, 5.41) is 12.9. The highest BCUT2D eigenvalue weighted by molar-refractivity contribution is 7.09. The molecule has 0 unspecified atom stereocenters. The Hall–Kier alpha value is -2.99. The number of piperazine rings is 1. The van der Waals surface area contributed by atoms with E-state index in [1.54, 1.807) is 22.4 Å². The zero-order valence-corrected chi connectivity index (χ0v) is 18.0. The van der Waals surface area contributed by atoms with Crippen LogP contribution >= 0.6 is 11.3 Å². The lowest BCUT2D eigenvalue weighted by atomic mass is 9.94. The molecule has 2 aromatic heterocycles. The van der Waals surface area contributed by atoms with Crippen LogP contribution in [-0.4, -0.2) is 59.4 Å². The number of thiazole rings is 1. The molecule has 0 spiro atoms. The molecule has 1 amide bonds. The molecule has 5 rings (SSSR count). The number of amides is 1. The van der Waals surface area contributed by atoms with E-state index in [4.69, 9.17) is 4.74 Å². The number of nitriles is 1. The van der Waals surface area contributed by atoms with Crippen LogP contribution in [0.2, 0.25) is 0 Å². The Morgan fingerprint density at radius 2 is 2.10 bits per heavy atom. The van der Waals surface area contributed by atoms with Crippen molar-refractivity contribution in [2.75, 3.05) is 31.1 Å². The molecule has 160 valence electrons. The van der Waals surface area contributed by atoms with Crippen molar-refractivity contribution < 1.29 is 13.9 Å². The number of hydrogen-bond acceptors (Lipinski definition) is 7. The standard InChI is InChI=1S/C22H22FN5O2S/c1-13-26-19(12-31-13)16-10-18-21(17(16)11-24)20(2-3-25-18)27-4-6-28(7-5-27)22(29)30-15-8-14(23)9-15/h2-3,12,14-15H,4-10H2,1H3. The van der Waals surface area contributed by atoms with Crippen LogP contribution in [0.3, 0.4) is 0 Å². The van der Waals surface area contributed by atoms with Crippen molar-refractivity contribution in [2.24, 2.45) is 0 Å². The van der Waals surface area contributed by atoms with Gasteiger partial charge in [-0.05, 0) is 13.0 Å². The minimum atomic E-state index is -0.844. The summed E-state index contributed by atoms with van der Waals surface area (Å²) in [4.78, 5) is 25.3. The Morgan fingerprint density at radius 1 is 1.32 bits per heavy atom. The molecule has 0 radical (unpaired) electrons. The van der Waals surface area contributed by atoms with E-state index >= 15 is 0 Å². The molecule has 1 aliphatic heterocycles. The average Bonchev–Trinajstić information content (AvgIpc) is 3.35. The third kappa shape index (κ3) is 3.65. The van der Waals surface area contributed by atoms with E-state index in [1.165, 1.54) is 0 Å². The molecule has 2 aliphatic carbocycles. The number of ether oxygens (including phenoxy) is 1. The molecule has 0 atom stereocenters. The van der Waals surface area contributed by atoms with E-state index in [-0.39, 0.29) is 12.2 Å². The number of hydrogen-bond donors (Lipinski definition) is 0. The summed E-state index contributed by atoms with van der Waals surface area (Å²) in [7, 11) is 0. The van der Waals surface area contributed by atoms with Crippen LogP contribution in [0, 0.1) is 18.3 Å². The lowest BCUT2D eigenvalue weighted by Crippen LogP contribution is -2.50. The Morgan fingerprint density at radius 3 is 2.74 bits per heavy atom. The Labute approximate surface area is 183 Å². The van der Waals surface area contributed by atoms with Gasteiger partial charge in [0, 0.05) is 73.8 Å². The summed E-state index contributed by atoms with van der Waals surface area (Å²) in [6, 6.07) is 4.32. The minimum Gasteiger partial charge on any atom is -0.446 e. The molecule has 3 aliphatic rings. The Kier molecular flexibility index (Phi) is 5.10. The average molecular weight is 440 g/mol. The fourth-order valence-corrected chi connectivity index (χ4v) is 4.99. The highest BCUT2D eigenvalue weighted by Gasteiger charge is 2.35. The van der Waals surface area contributed by atoms with Gasteiger partial charge in [0.1, 0.15) is 18.3 Å². The molecule has 7 nitrogen and oxygen atoms in total. The van der Waals surface area contributed by atoms with Crippen LogP contribution in [0.4, 0.5) is 14.9 Å². The maximum absolute atomic E-state index is 13.0. The molecule has 0 N–H and O–H groups in total. The number of pyridine rings is 1. The predicted octanol–water partition coefficient (Wildman–Crippen LogP) is 3.60. The molecule has 1 saturated heterocycles. The maximum atomic E-state index is 13.0. The molecule has 1 saturated carbocycles. The molecule has 3 heterocycles. The maximum Gasteiger partial charge on any atom is 0.410 e. The van der Waals surface area contributed by atoms with Crippen LogP contribution < -0.4 is 4.90 Å². The zero-order valence-electron chi connectivity index (χ0n) is 17.2. The lowest BCUT2D eigenvalue weighted by molar-refractivity contribution is -0.0132. The van der Waals surface area contributed by atoms with E-state index < -0.39 is 6.17 Å². The molecule has 0 bridgehead atoms. The summed E-state index contributed by atoms with van der Waals surface area (Å²) < 4.78 is 18.3. The summed E-state index contributed by atoms with van der Waals surface area (Å²) in [5.41, 5.74) is 5.15. The van der Waals surface area contributed by atoms with Gasteiger partial charge in [-0.25, -0.2) is 14.2 Å². The van der Waals surface area contributed by atoms with Crippen LogP contribution in [-0.2, 0) is 11.2 Å². The highest BCUT2D eigenvalue weighted by Crippen LogP contribution is 2.42. The summed E-state index contributed by atoms with van der Waals surface area (Å²) in [6.45, 7) is 4.26. The van der Waals surface area contributed by atoms with Gasteiger partial charge in [0.2, 0.25) is 0 Å². The number of carbonyl (C=O) groups excluding carboxylic acids is 1. The second-order valence-electron chi connectivity index (χ2n) is 8.09. The summed E-state index contributed by atoms with van der Waals surface area (Å²) >= 11 is 1.57. The highest BCUT2D eigenvalue weighted by atomic mass is 32.1. The number of alkyl halides is 1. The van der Waals surface area contributed by atoms with Gasteiger partial charge in [0.15, 0.2) is 0 Å². The molecule has 31 heavy (non-hydrogen) atoms. The van der Waals surface area contributed by atoms with Gasteiger partial charge in [-0.3, -0.25) is 4.98 Å². The van der Waals surface area contributed by atoms with E-state index in [0.717, 1.165) is 33.2 Å². The minimum absolute atomic E-state index is 0.292. The number of anilines is 1. The van der Waals surface area contributed by atoms with Crippen molar-refractivity contribution in [2.45, 2.75) is 38.5 Å². The molecular formula is C22H22FN5O2S. The first-order valence-electron chi connectivity index (χ1n) is 10.4.